The minimum absolute atomic E-state index is 0.241. The van der Waals surface area contributed by atoms with E-state index in [2.05, 4.69) is 54.9 Å². The van der Waals surface area contributed by atoms with Crippen LogP contribution in [0.3, 0.4) is 0 Å². The maximum atomic E-state index is 6.52. The molecule has 0 fully saturated rings. The van der Waals surface area contributed by atoms with Crippen LogP contribution in [0.1, 0.15) is 41.5 Å². The third-order valence-corrected chi connectivity index (χ3v) is 12.9. The second-order valence-electron chi connectivity index (χ2n) is 7.32. The van der Waals surface area contributed by atoms with E-state index in [1.807, 2.05) is 0 Å². The maximum Gasteiger partial charge on any atom is 0.0412 e. The first kappa shape index (κ1) is 17.0. The van der Waals surface area contributed by atoms with Gasteiger partial charge in [0, 0.05) is 36.0 Å². The quantitative estimate of drug-likeness (QED) is 0.527. The highest BCUT2D eigenvalue weighted by atomic mass is 31.2. The predicted molar refractivity (Wildman–Crippen MR) is 86.4 cm³/mol. The van der Waals surface area contributed by atoms with E-state index in [0.717, 1.165) is 12.3 Å². The van der Waals surface area contributed by atoms with Crippen molar-refractivity contribution in [3.63, 3.8) is 0 Å². The first-order chi connectivity index (χ1) is 6.71. The van der Waals surface area contributed by atoms with Crippen LogP contribution in [0.25, 0.3) is 0 Å². The smallest absolute Gasteiger partial charge is 0.0412 e. The molecule has 0 aromatic heterocycles. The molecule has 0 rings (SSSR count). The molecule has 2 unspecified atom stereocenters. The fourth-order valence-electron chi connectivity index (χ4n) is 1.09. The summed E-state index contributed by atoms with van der Waals surface area (Å²) in [5, 5.41) is 0.482. The van der Waals surface area contributed by atoms with Crippen LogP contribution in [0.15, 0.2) is 0 Å². The number of hydrogen-bond acceptors (Lipinski definition) is 0. The van der Waals surface area contributed by atoms with Crippen molar-refractivity contribution in [3.8, 4) is 0 Å². The Morgan fingerprint density at radius 3 is 1.00 bits per heavy atom. The van der Waals surface area contributed by atoms with Gasteiger partial charge in [0.25, 0.3) is 0 Å². The molecule has 92 valence electrons. The predicted octanol–water partition coefficient (Wildman–Crippen LogP) is 4.05. The molecule has 2 atom stereocenters. The van der Waals surface area contributed by atoms with Gasteiger partial charge in [0.15, 0.2) is 0 Å². The monoisotopic (exact) mass is 256 g/mol. The van der Waals surface area contributed by atoms with Gasteiger partial charge in [0.1, 0.15) is 0 Å². The Morgan fingerprint density at radius 2 is 0.875 bits per heavy atom. The van der Waals surface area contributed by atoms with Crippen LogP contribution in [0.4, 0.5) is 0 Å². The van der Waals surface area contributed by atoms with Crippen molar-refractivity contribution < 1.29 is 0 Å². The van der Waals surface area contributed by atoms with Crippen molar-refractivity contribution in [1.82, 2.24) is 0 Å². The molecule has 0 nitrogen and oxygen atoms in total. The lowest BCUT2D eigenvalue weighted by Crippen LogP contribution is -2.28. The van der Waals surface area contributed by atoms with Gasteiger partial charge in [-0.15, -0.1) is 0 Å². The van der Waals surface area contributed by atoms with E-state index < -0.39 is 14.3 Å². The van der Waals surface area contributed by atoms with Gasteiger partial charge in [-0.05, 0) is 41.5 Å². The fraction of sp³-hybridized carbons (Fsp3) is 1.00. The number of rotatable bonds is 3. The lowest BCUT2D eigenvalue weighted by Gasteiger charge is -2.50. The molecule has 16 heavy (non-hydrogen) atoms. The van der Waals surface area contributed by atoms with Crippen LogP contribution < -0.4 is 0 Å². The molecule has 0 heterocycles. The van der Waals surface area contributed by atoms with Gasteiger partial charge in [-0.2, -0.15) is 0 Å². The van der Waals surface area contributed by atoms with E-state index in [-0.39, 0.29) is 10.3 Å². The Labute approximate surface area is 107 Å². The van der Waals surface area contributed by atoms with E-state index in [0.29, 0.717) is 0 Å². The van der Waals surface area contributed by atoms with Gasteiger partial charge in [-0.3, -0.25) is 0 Å². The van der Waals surface area contributed by atoms with Crippen molar-refractivity contribution >= 4 is 29.4 Å². The minimum Gasteiger partial charge on any atom is -0.306 e. The largest absolute Gasteiger partial charge is 0.306 e. The third-order valence-electron chi connectivity index (χ3n) is 4.09. The van der Waals surface area contributed by atoms with E-state index in [1.54, 1.807) is 0 Å². The zero-order chi connectivity index (χ0) is 13.4. The van der Waals surface area contributed by atoms with Gasteiger partial charge in [0.2, 0.25) is 0 Å². The van der Waals surface area contributed by atoms with E-state index in [1.165, 1.54) is 0 Å². The Balaban J connectivity index is 4.59. The fourth-order valence-corrected chi connectivity index (χ4v) is 5.75. The molecule has 0 spiro atoms. The van der Waals surface area contributed by atoms with Gasteiger partial charge in [0.05, 0.1) is 0 Å². The SMILES string of the molecule is [B-][P+](C)(CC[P+]([B-])(C)C(C)(C)C)C(C)(C)C. The van der Waals surface area contributed by atoms with Crippen molar-refractivity contribution in [2.75, 3.05) is 25.7 Å². The van der Waals surface area contributed by atoms with Gasteiger partial charge in [-0.1, -0.05) is 0 Å². The second kappa shape index (κ2) is 4.93. The van der Waals surface area contributed by atoms with E-state index in [9.17, 15) is 0 Å². The molecule has 4 heteroatoms. The lowest BCUT2D eigenvalue weighted by molar-refractivity contribution is 0.773. The molecular weight excluding hydrogens is 228 g/mol. The molecule has 0 amide bonds. The average molecular weight is 256 g/mol. The molecule has 0 aliphatic carbocycles. The molecule has 6 radical (unpaired) electrons. The normalized spacial score (nSPS) is 21.4. The third kappa shape index (κ3) is 4.34. The highest BCUT2D eigenvalue weighted by Crippen LogP contribution is 2.68. The summed E-state index contributed by atoms with van der Waals surface area (Å²) in [4.78, 5) is 0. The lowest BCUT2D eigenvalue weighted by atomic mass is 10.3. The summed E-state index contributed by atoms with van der Waals surface area (Å²) in [6.45, 7) is 18.0. The zero-order valence-corrected chi connectivity index (χ0v) is 14.3. The summed E-state index contributed by atoms with van der Waals surface area (Å²) in [5.41, 5.74) is 0. The van der Waals surface area contributed by atoms with Gasteiger partial charge >= 0.3 is 0 Å². The van der Waals surface area contributed by atoms with Crippen LogP contribution >= 0.6 is 14.3 Å². The second-order valence-corrected chi connectivity index (χ2v) is 16.0. The van der Waals surface area contributed by atoms with Crippen molar-refractivity contribution in [2.24, 2.45) is 0 Å². The van der Waals surface area contributed by atoms with Crippen LogP contribution in [0, 0.1) is 0 Å². The molecule has 0 N–H and O–H groups in total. The van der Waals surface area contributed by atoms with Crippen molar-refractivity contribution in [3.05, 3.63) is 0 Å². The molecule has 0 saturated carbocycles. The molecular formula is C12H28B2P2. The van der Waals surface area contributed by atoms with Crippen LogP contribution in [0.5, 0.6) is 0 Å². The Morgan fingerprint density at radius 1 is 0.688 bits per heavy atom. The maximum absolute atomic E-state index is 6.52. The summed E-state index contributed by atoms with van der Waals surface area (Å²) in [6, 6.07) is 0. The summed E-state index contributed by atoms with van der Waals surface area (Å²) in [5.74, 6) is 0. The minimum atomic E-state index is -1.34. The van der Waals surface area contributed by atoms with E-state index in [4.69, 9.17) is 15.1 Å². The Bertz CT molecular complexity index is 208. The summed E-state index contributed by atoms with van der Waals surface area (Å²) in [7, 11) is 10.3. The molecule has 0 aromatic rings. The van der Waals surface area contributed by atoms with Crippen molar-refractivity contribution in [1.29, 1.82) is 0 Å². The van der Waals surface area contributed by atoms with Crippen LogP contribution in [-0.2, 0) is 0 Å². The summed E-state index contributed by atoms with van der Waals surface area (Å²) < 4.78 is 0. The van der Waals surface area contributed by atoms with Crippen LogP contribution in [0.2, 0.25) is 0 Å². The highest BCUT2D eigenvalue weighted by molar-refractivity contribution is 8.01. The average Bonchev–Trinajstić information content (AvgIpc) is 1.97. The first-order valence-corrected chi connectivity index (χ1v) is 11.0. The Hall–Kier alpha value is 0.990. The molecule has 0 bridgehead atoms. The van der Waals surface area contributed by atoms with Crippen molar-refractivity contribution in [2.45, 2.75) is 51.9 Å². The molecule has 0 aromatic carbocycles. The van der Waals surface area contributed by atoms with Gasteiger partial charge in [-0.25, -0.2) is 14.3 Å². The zero-order valence-electron chi connectivity index (χ0n) is 12.5. The molecule has 0 saturated heterocycles. The van der Waals surface area contributed by atoms with E-state index >= 15 is 0 Å². The highest BCUT2D eigenvalue weighted by Gasteiger charge is 2.33. The topological polar surface area (TPSA) is 0 Å². The van der Waals surface area contributed by atoms with Crippen LogP contribution in [-0.4, -0.2) is 51.1 Å². The van der Waals surface area contributed by atoms with Gasteiger partial charge < -0.3 is 15.1 Å². The summed E-state index contributed by atoms with van der Waals surface area (Å²) in [6.07, 6.45) is 2.24. The Kier molecular flexibility index (Phi) is 5.24. The standard InChI is InChI=1S/C12H28B2P2/c1-11(2,3)15(7,13)9-10-16(8,14)12(4,5)6/h9-10H2,1-8H3. The molecule has 0 aliphatic heterocycles. The summed E-state index contributed by atoms with van der Waals surface area (Å²) >= 11 is 0. The first-order valence-electron chi connectivity index (χ1n) is 5.99. The number of hydrogen-bond donors (Lipinski definition) is 0. The molecule has 0 aliphatic rings.